The summed E-state index contributed by atoms with van der Waals surface area (Å²) < 4.78 is 348. The summed E-state index contributed by atoms with van der Waals surface area (Å²) in [4.78, 5) is 11.5. The summed E-state index contributed by atoms with van der Waals surface area (Å²) in [5.74, 6) is -0.478. The van der Waals surface area contributed by atoms with Gasteiger partial charge in [-0.1, -0.05) is 78.9 Å². The van der Waals surface area contributed by atoms with Crippen molar-refractivity contribution in [3.05, 3.63) is 183 Å². The van der Waals surface area contributed by atoms with Crippen LogP contribution in [0.5, 0.6) is 0 Å². The molecule has 0 aliphatic rings. The van der Waals surface area contributed by atoms with Crippen molar-refractivity contribution >= 4 is 34.0 Å². The zero-order valence-corrected chi connectivity index (χ0v) is 36.9. The van der Waals surface area contributed by atoms with E-state index in [4.69, 9.17) is 10.00 Å². The fourth-order valence-corrected chi connectivity index (χ4v) is 7.74. The van der Waals surface area contributed by atoms with Crippen LogP contribution in [0.3, 0.4) is 0 Å². The van der Waals surface area contributed by atoms with Gasteiger partial charge >= 0.3 is 55.4 Å². The van der Waals surface area contributed by atoms with Gasteiger partial charge in [0.2, 0.25) is 0 Å². The number of pyridine rings is 1. The van der Waals surface area contributed by atoms with E-state index in [1.54, 1.807) is 18.2 Å². The molecule has 0 unspecified atom stereocenters. The van der Waals surface area contributed by atoms with Gasteiger partial charge in [0.05, 0.1) is 50.1 Å². The first-order valence-corrected chi connectivity index (χ1v) is 20.5. The van der Waals surface area contributed by atoms with Gasteiger partial charge in [0, 0.05) is 17.7 Å². The van der Waals surface area contributed by atoms with E-state index in [1.807, 2.05) is 47.3 Å². The van der Waals surface area contributed by atoms with E-state index in [2.05, 4.69) is 0 Å². The first-order valence-electron chi connectivity index (χ1n) is 20.5. The molecule has 6 rings (SSSR count). The van der Waals surface area contributed by atoms with Gasteiger partial charge < -0.3 is 4.74 Å². The fourth-order valence-electron chi connectivity index (χ4n) is 7.74. The molecule has 6 aromatic rings. The molecule has 4 nitrogen and oxygen atoms in total. The van der Waals surface area contributed by atoms with Crippen molar-refractivity contribution in [3.8, 4) is 6.07 Å². The third kappa shape index (κ3) is 14.1. The standard InChI is InChI=1S/C32H12BF24.C15H13N2O2/c34-25(35,36)13-1-14(26(37,38)39)6-21(5-13)33(22-7-15(27(40,41)42)2-16(8-22)28(43,44)45,23-9-17(29(46,47)48)3-18(10-23)30(49,50)51)24-11-19(31(52,53)54)4-20(12-24)32(55,56)57;16-8-11-19-15(18)14-6-9-17(10-7-14)12-13-4-2-1-3-5-13/h1-12H;1-7,9-10H,11-12H2/q-1;+1. The predicted molar refractivity (Wildman–Crippen MR) is 218 cm³/mol. The molecule has 0 saturated heterocycles. The van der Waals surface area contributed by atoms with Crippen molar-refractivity contribution in [2.24, 2.45) is 0 Å². The normalized spacial score (nSPS) is 13.1. The number of rotatable bonds is 8. The molecule has 0 bridgehead atoms. The van der Waals surface area contributed by atoms with E-state index in [0.29, 0.717) is 5.56 Å². The summed E-state index contributed by atoms with van der Waals surface area (Å²) in [5.41, 5.74) is -28.6. The molecule has 0 spiro atoms. The van der Waals surface area contributed by atoms with Gasteiger partial charge in [-0.2, -0.15) is 132 Å². The molecule has 1 heterocycles. The highest BCUT2D eigenvalue weighted by Gasteiger charge is 2.47. The Balaban J connectivity index is 0.000000468. The Morgan fingerprint density at radius 1 is 0.408 bits per heavy atom. The Kier molecular flexibility index (Phi) is 16.4. The predicted octanol–water partition coefficient (Wildman–Crippen LogP) is 12.9. The minimum atomic E-state index is -6.13. The Bertz CT molecular complexity index is 2650. The summed E-state index contributed by atoms with van der Waals surface area (Å²) >= 11 is 0. The number of hydrogen-bond donors (Lipinski definition) is 0. The van der Waals surface area contributed by atoms with Crippen molar-refractivity contribution in [1.29, 1.82) is 5.26 Å². The largest absolute Gasteiger partial charge is 0.447 e. The van der Waals surface area contributed by atoms with Crippen LogP contribution in [-0.4, -0.2) is 18.7 Å². The van der Waals surface area contributed by atoms with Crippen LogP contribution in [0.25, 0.3) is 0 Å². The first-order chi connectivity index (χ1) is 34.6. The first kappa shape index (κ1) is 59.5. The molecule has 1 aromatic heterocycles. The van der Waals surface area contributed by atoms with E-state index < -0.39 is 201 Å². The number of ether oxygens (including phenoxy) is 1. The number of nitriles is 1. The summed E-state index contributed by atoms with van der Waals surface area (Å²) in [6.07, 6.45) is -51.2. The maximum Gasteiger partial charge on any atom is 0.416 e. The van der Waals surface area contributed by atoms with Crippen LogP contribution in [0.15, 0.2) is 128 Å². The average Bonchev–Trinajstić information content (AvgIpc) is 3.29. The number of alkyl halides is 24. The molecule has 0 fully saturated rings. The van der Waals surface area contributed by atoms with Gasteiger partial charge in [0.25, 0.3) is 0 Å². The summed E-state index contributed by atoms with van der Waals surface area (Å²) in [5, 5.41) is 8.34. The quantitative estimate of drug-likeness (QED) is 0.0660. The third-order valence-electron chi connectivity index (χ3n) is 11.0. The van der Waals surface area contributed by atoms with Crippen molar-refractivity contribution in [1.82, 2.24) is 0 Å². The monoisotopic (exact) mass is 1120 g/mol. The SMILES string of the molecule is FC(F)(F)c1cc([B-](c2cc(C(F)(F)F)cc(C(F)(F)F)c2)(c2cc(C(F)(F)F)cc(C(F)(F)F)c2)c2cc(C(F)(F)F)cc(C(F)(F)F)c2)cc(C(F)(F)F)c1.N#CCOC(=O)c1cc[n+](Cc2ccccc2)cc1. The second-order valence-electron chi connectivity index (χ2n) is 16.2. The minimum absolute atomic E-state index is 0.224. The lowest BCUT2D eigenvalue weighted by Gasteiger charge is -2.46. The highest BCUT2D eigenvalue weighted by atomic mass is 19.4. The third-order valence-corrected chi connectivity index (χ3v) is 11.0. The minimum Gasteiger partial charge on any atom is -0.447 e. The number of benzene rings is 5. The Labute approximate surface area is 410 Å². The summed E-state index contributed by atoms with van der Waals surface area (Å²) in [6.45, 7) is 0.520. The van der Waals surface area contributed by atoms with Crippen molar-refractivity contribution in [2.75, 3.05) is 6.61 Å². The average molecular weight is 1120 g/mol. The van der Waals surface area contributed by atoms with Gasteiger partial charge in [-0.15, -0.1) is 0 Å². The van der Waals surface area contributed by atoms with Crippen LogP contribution in [-0.2, 0) is 60.7 Å². The fraction of sp³-hybridized carbons (Fsp3) is 0.213. The van der Waals surface area contributed by atoms with Crippen molar-refractivity contribution < 1.29 is 119 Å². The molecule has 0 amide bonds. The Hall–Kier alpha value is -7.41. The second kappa shape index (κ2) is 21.0. The molecule has 0 aliphatic heterocycles. The molecule has 406 valence electrons. The number of carbonyl (C=O) groups is 1. The van der Waals surface area contributed by atoms with Crippen LogP contribution < -0.4 is 26.4 Å². The van der Waals surface area contributed by atoms with Gasteiger partial charge in [-0.3, -0.25) is 0 Å². The maximum atomic E-state index is 14.2. The number of nitrogens with zero attached hydrogens (tertiary/aromatic N) is 2. The molecule has 0 N–H and O–H groups in total. The summed E-state index contributed by atoms with van der Waals surface area (Å²) in [7, 11) is 0. The van der Waals surface area contributed by atoms with E-state index in [0.717, 1.165) is 6.54 Å². The van der Waals surface area contributed by atoms with Gasteiger partial charge in [0.15, 0.2) is 25.5 Å². The lowest BCUT2D eigenvalue weighted by molar-refractivity contribution is -0.688. The van der Waals surface area contributed by atoms with Crippen LogP contribution in [0.2, 0.25) is 0 Å². The van der Waals surface area contributed by atoms with E-state index >= 15 is 0 Å². The van der Waals surface area contributed by atoms with Crippen LogP contribution in [0.4, 0.5) is 105 Å². The van der Waals surface area contributed by atoms with Crippen LogP contribution >= 0.6 is 0 Å². The number of aromatic nitrogens is 1. The number of hydrogen-bond acceptors (Lipinski definition) is 3. The number of carbonyl (C=O) groups excluding carboxylic acids is 1. The molecule has 5 aromatic carbocycles. The molecular formula is C47H25BF24N2O2. The maximum absolute atomic E-state index is 14.2. The molecule has 0 saturated carbocycles. The lowest BCUT2D eigenvalue weighted by Crippen LogP contribution is -2.75. The van der Waals surface area contributed by atoms with Crippen LogP contribution in [0.1, 0.15) is 60.4 Å². The molecule has 0 aliphatic carbocycles. The molecule has 0 radical (unpaired) electrons. The summed E-state index contributed by atoms with van der Waals surface area (Å²) in [6, 6.07) is 6.36. The van der Waals surface area contributed by atoms with E-state index in [-0.39, 0.29) is 6.61 Å². The Morgan fingerprint density at radius 2 is 0.658 bits per heavy atom. The smallest absolute Gasteiger partial charge is 0.416 e. The van der Waals surface area contributed by atoms with E-state index in [9.17, 15) is 110 Å². The molecule has 0 atom stereocenters. The second-order valence-corrected chi connectivity index (χ2v) is 16.2. The molecule has 76 heavy (non-hydrogen) atoms. The highest BCUT2D eigenvalue weighted by Crippen LogP contribution is 2.41. The highest BCUT2D eigenvalue weighted by molar-refractivity contribution is 7.20. The Morgan fingerprint density at radius 3 is 0.882 bits per heavy atom. The number of halogens is 24. The lowest BCUT2D eigenvalue weighted by atomic mass is 9.12. The van der Waals surface area contributed by atoms with Gasteiger partial charge in [-0.25, -0.2) is 9.36 Å². The van der Waals surface area contributed by atoms with Crippen molar-refractivity contribution in [2.45, 2.75) is 56.0 Å². The molecular weight excluding hydrogens is 1090 g/mol. The molecule has 29 heteroatoms. The zero-order valence-electron chi connectivity index (χ0n) is 36.9. The number of esters is 1. The van der Waals surface area contributed by atoms with E-state index in [1.165, 1.54) is 5.56 Å². The van der Waals surface area contributed by atoms with Crippen molar-refractivity contribution in [3.63, 3.8) is 0 Å². The topological polar surface area (TPSA) is 54.0 Å². The van der Waals surface area contributed by atoms with Gasteiger partial charge in [-0.05, 0) is 24.3 Å². The van der Waals surface area contributed by atoms with Crippen LogP contribution in [0, 0.1) is 11.3 Å². The van der Waals surface area contributed by atoms with Gasteiger partial charge in [0.1, 0.15) is 12.2 Å². The zero-order chi connectivity index (χ0) is 57.4.